The summed E-state index contributed by atoms with van der Waals surface area (Å²) in [5.41, 5.74) is 0.514. The summed E-state index contributed by atoms with van der Waals surface area (Å²) < 4.78 is 0. The molecule has 6 heteroatoms. The van der Waals surface area contributed by atoms with Crippen LogP contribution in [0.25, 0.3) is 21.5 Å². The van der Waals surface area contributed by atoms with Gasteiger partial charge in [0, 0.05) is 38.3 Å². The zero-order chi connectivity index (χ0) is 25.6. The Morgan fingerprint density at radius 2 is 1.65 bits per heavy atom. The highest BCUT2D eigenvalue weighted by Crippen LogP contribution is 2.44. The Kier molecular flexibility index (Phi) is 6.41. The summed E-state index contributed by atoms with van der Waals surface area (Å²) in [5, 5.41) is 13.7. The number of rotatable bonds is 4. The molecular formula is C31H37N3O3. The Balaban J connectivity index is 1.18. The lowest BCUT2D eigenvalue weighted by Crippen LogP contribution is -2.54. The van der Waals surface area contributed by atoms with Crippen molar-refractivity contribution >= 4 is 33.4 Å². The summed E-state index contributed by atoms with van der Waals surface area (Å²) in [5.74, 6) is 0.357. The van der Waals surface area contributed by atoms with Gasteiger partial charge in [-0.15, -0.1) is 0 Å². The van der Waals surface area contributed by atoms with E-state index in [1.165, 1.54) is 0 Å². The number of fused-ring (bicyclic) bond motifs is 2. The van der Waals surface area contributed by atoms with Crippen molar-refractivity contribution in [2.45, 2.75) is 51.1 Å². The molecule has 6 rings (SSSR count). The topological polar surface area (TPSA) is 64.1 Å². The average molecular weight is 500 g/mol. The number of β-amino-alcohol motifs (C(OH)–C–C–N with tert-alkyl or cyclic N) is 1. The fourth-order valence-electron chi connectivity index (χ4n) is 7.35. The molecule has 1 N–H and O–H groups in total. The van der Waals surface area contributed by atoms with E-state index in [0.717, 1.165) is 85.4 Å². The number of benzene rings is 3. The minimum atomic E-state index is -0.304. The molecule has 3 aliphatic heterocycles. The lowest BCUT2D eigenvalue weighted by molar-refractivity contribution is -0.140. The van der Waals surface area contributed by atoms with E-state index in [-0.39, 0.29) is 29.9 Å². The molecule has 0 radical (unpaired) electrons. The third-order valence-corrected chi connectivity index (χ3v) is 9.13. The monoisotopic (exact) mass is 499 g/mol. The molecule has 0 aromatic heterocycles. The van der Waals surface area contributed by atoms with Crippen LogP contribution in [0, 0.1) is 5.41 Å². The normalized spacial score (nSPS) is 25.6. The maximum absolute atomic E-state index is 13.9. The van der Waals surface area contributed by atoms with E-state index < -0.39 is 0 Å². The van der Waals surface area contributed by atoms with Crippen molar-refractivity contribution in [3.63, 3.8) is 0 Å². The number of piperidine rings is 2. The number of hydrogen-bond donors (Lipinski definition) is 1. The highest BCUT2D eigenvalue weighted by Gasteiger charge is 2.52. The van der Waals surface area contributed by atoms with Crippen LogP contribution in [0.4, 0.5) is 0 Å². The number of amides is 2. The minimum Gasteiger partial charge on any atom is -0.395 e. The quantitative estimate of drug-likeness (QED) is 0.544. The van der Waals surface area contributed by atoms with Crippen molar-refractivity contribution in [1.82, 2.24) is 14.7 Å². The molecule has 0 bridgehead atoms. The van der Waals surface area contributed by atoms with E-state index >= 15 is 0 Å². The summed E-state index contributed by atoms with van der Waals surface area (Å²) in [7, 11) is 0. The van der Waals surface area contributed by atoms with Gasteiger partial charge in [0.05, 0.1) is 17.6 Å². The van der Waals surface area contributed by atoms with Gasteiger partial charge < -0.3 is 14.9 Å². The van der Waals surface area contributed by atoms with Crippen LogP contribution in [0.1, 0.15) is 49.4 Å². The van der Waals surface area contributed by atoms with E-state index in [0.29, 0.717) is 12.6 Å². The van der Waals surface area contributed by atoms with Crippen LogP contribution in [0.15, 0.2) is 54.6 Å². The second-order valence-corrected chi connectivity index (χ2v) is 11.3. The zero-order valence-electron chi connectivity index (χ0n) is 21.7. The van der Waals surface area contributed by atoms with Crippen LogP contribution < -0.4 is 0 Å². The smallest absolute Gasteiger partial charge is 0.255 e. The van der Waals surface area contributed by atoms with E-state index in [9.17, 15) is 14.7 Å². The summed E-state index contributed by atoms with van der Waals surface area (Å²) in [6.07, 6.45) is 4.74. The Labute approximate surface area is 218 Å². The standard InChI is InChI=1S/C31H37N3O3/c1-22-20-31(30(37)34(22)17-18-35)13-6-14-33(21-31)25-11-15-32(16-12-25)29(36)28-26-9-4-2-7-23(26)19-24-8-3-5-10-27(24)28/h2-5,7-10,19,22,25,35H,6,11-18,20-21H2,1H3. The van der Waals surface area contributed by atoms with Gasteiger partial charge in [-0.1, -0.05) is 48.5 Å². The molecule has 37 heavy (non-hydrogen) atoms. The molecule has 3 aromatic rings. The van der Waals surface area contributed by atoms with Crippen molar-refractivity contribution in [2.24, 2.45) is 5.41 Å². The molecule has 3 heterocycles. The van der Waals surface area contributed by atoms with Gasteiger partial charge in [-0.3, -0.25) is 14.5 Å². The Morgan fingerprint density at radius 1 is 1.00 bits per heavy atom. The van der Waals surface area contributed by atoms with Gasteiger partial charge in [0.15, 0.2) is 0 Å². The van der Waals surface area contributed by atoms with Gasteiger partial charge in [0.25, 0.3) is 5.91 Å². The highest BCUT2D eigenvalue weighted by molar-refractivity contribution is 6.18. The molecule has 6 nitrogen and oxygen atoms in total. The molecule has 2 amide bonds. The molecule has 2 atom stereocenters. The molecule has 0 saturated carbocycles. The van der Waals surface area contributed by atoms with E-state index in [4.69, 9.17) is 0 Å². The minimum absolute atomic E-state index is 0.0222. The maximum Gasteiger partial charge on any atom is 0.255 e. The van der Waals surface area contributed by atoms with Crippen molar-refractivity contribution in [3.05, 3.63) is 60.2 Å². The molecule has 194 valence electrons. The summed E-state index contributed by atoms with van der Waals surface area (Å²) in [6.45, 7) is 5.89. The van der Waals surface area contributed by atoms with Gasteiger partial charge in [0.1, 0.15) is 0 Å². The van der Waals surface area contributed by atoms with Crippen molar-refractivity contribution < 1.29 is 14.7 Å². The van der Waals surface area contributed by atoms with E-state index in [1.807, 2.05) is 34.1 Å². The fraction of sp³-hybridized carbons (Fsp3) is 0.484. The van der Waals surface area contributed by atoms with Crippen LogP contribution in [0.2, 0.25) is 0 Å². The Bertz CT molecular complexity index is 1280. The molecule has 2 unspecified atom stereocenters. The van der Waals surface area contributed by atoms with Gasteiger partial charge >= 0.3 is 0 Å². The first-order chi connectivity index (χ1) is 18.0. The number of carbonyl (C=O) groups excluding carboxylic acids is 2. The number of carbonyl (C=O) groups is 2. The number of nitrogens with zero attached hydrogens (tertiary/aromatic N) is 3. The first-order valence-corrected chi connectivity index (χ1v) is 13.9. The SMILES string of the molecule is CC1CC2(CCCN(C3CCN(C(=O)c4c5ccccc5cc5ccccc45)CC3)C2)C(=O)N1CCO. The first kappa shape index (κ1) is 24.4. The van der Waals surface area contributed by atoms with Crippen LogP contribution in [0.3, 0.4) is 0 Å². The molecular weight excluding hydrogens is 462 g/mol. The summed E-state index contributed by atoms with van der Waals surface area (Å²) in [4.78, 5) is 33.8. The second kappa shape index (κ2) is 9.73. The van der Waals surface area contributed by atoms with Crippen molar-refractivity contribution in [2.75, 3.05) is 39.3 Å². The van der Waals surface area contributed by atoms with Gasteiger partial charge in [-0.25, -0.2) is 0 Å². The van der Waals surface area contributed by atoms with Crippen LogP contribution >= 0.6 is 0 Å². The Morgan fingerprint density at radius 3 is 2.30 bits per heavy atom. The summed E-state index contributed by atoms with van der Waals surface area (Å²) in [6, 6.07) is 19.2. The number of aliphatic hydroxyl groups excluding tert-OH is 1. The molecule has 3 saturated heterocycles. The zero-order valence-corrected chi connectivity index (χ0v) is 21.7. The Hall–Kier alpha value is -2.96. The largest absolute Gasteiger partial charge is 0.395 e. The first-order valence-electron chi connectivity index (χ1n) is 13.9. The maximum atomic E-state index is 13.9. The van der Waals surface area contributed by atoms with Crippen LogP contribution in [-0.2, 0) is 4.79 Å². The number of hydrogen-bond acceptors (Lipinski definition) is 4. The molecule has 1 spiro atoms. The number of aliphatic hydroxyl groups is 1. The average Bonchev–Trinajstić information content (AvgIpc) is 3.15. The van der Waals surface area contributed by atoms with Gasteiger partial charge in [0.2, 0.25) is 5.91 Å². The molecule has 3 fully saturated rings. The van der Waals surface area contributed by atoms with Crippen molar-refractivity contribution in [3.8, 4) is 0 Å². The highest BCUT2D eigenvalue weighted by atomic mass is 16.3. The molecule has 3 aliphatic rings. The lowest BCUT2D eigenvalue weighted by Gasteiger charge is -2.45. The van der Waals surface area contributed by atoms with Gasteiger partial charge in [-0.2, -0.15) is 0 Å². The molecule has 3 aromatic carbocycles. The van der Waals surface area contributed by atoms with E-state index in [1.54, 1.807) is 0 Å². The predicted octanol–water partition coefficient (Wildman–Crippen LogP) is 4.29. The summed E-state index contributed by atoms with van der Waals surface area (Å²) >= 11 is 0. The van der Waals surface area contributed by atoms with Crippen LogP contribution in [0.5, 0.6) is 0 Å². The third kappa shape index (κ3) is 4.20. The predicted molar refractivity (Wildman–Crippen MR) is 146 cm³/mol. The molecule has 0 aliphatic carbocycles. The lowest BCUT2D eigenvalue weighted by atomic mass is 9.76. The van der Waals surface area contributed by atoms with Crippen molar-refractivity contribution in [1.29, 1.82) is 0 Å². The third-order valence-electron chi connectivity index (χ3n) is 9.13. The second-order valence-electron chi connectivity index (χ2n) is 11.3. The van der Waals surface area contributed by atoms with Gasteiger partial charge in [-0.05, 0) is 73.2 Å². The fourth-order valence-corrected chi connectivity index (χ4v) is 7.35. The van der Waals surface area contributed by atoms with E-state index in [2.05, 4.69) is 42.2 Å². The number of likely N-dealkylation sites (tertiary alicyclic amines) is 3. The van der Waals surface area contributed by atoms with Crippen LogP contribution in [-0.4, -0.2) is 83.0 Å².